The Labute approximate surface area is 92.4 Å². The van der Waals surface area contributed by atoms with Crippen molar-refractivity contribution in [3.63, 3.8) is 0 Å². The van der Waals surface area contributed by atoms with Crippen LogP contribution in [0.4, 0.5) is 4.39 Å². The molecule has 0 fully saturated rings. The summed E-state index contributed by atoms with van der Waals surface area (Å²) in [6.45, 7) is 1.14. The van der Waals surface area contributed by atoms with Crippen molar-refractivity contribution < 1.29 is 9.18 Å². The van der Waals surface area contributed by atoms with Gasteiger partial charge in [0.1, 0.15) is 5.56 Å². The van der Waals surface area contributed by atoms with E-state index >= 15 is 0 Å². The lowest BCUT2D eigenvalue weighted by molar-refractivity contribution is 0.0885. The molecular weight excluding hydrogens is 215 g/mol. The molecule has 0 saturated carbocycles. The quantitative estimate of drug-likeness (QED) is 0.670. The van der Waals surface area contributed by atoms with Crippen molar-refractivity contribution in [3.8, 4) is 0 Å². The first-order chi connectivity index (χ1) is 7.20. The van der Waals surface area contributed by atoms with Gasteiger partial charge in [0.25, 0.3) is 5.91 Å². The van der Waals surface area contributed by atoms with Gasteiger partial charge < -0.3 is 4.57 Å². The molecule has 3 nitrogen and oxygen atoms in total. The van der Waals surface area contributed by atoms with Crippen molar-refractivity contribution >= 4 is 18.7 Å². The first kappa shape index (κ1) is 9.27. The van der Waals surface area contributed by atoms with E-state index in [0.29, 0.717) is 13.1 Å². The fourth-order valence-electron chi connectivity index (χ4n) is 2.50. The van der Waals surface area contributed by atoms with Crippen LogP contribution < -0.4 is 0 Å². The molecule has 0 spiro atoms. The molecule has 2 aliphatic heterocycles. The maximum absolute atomic E-state index is 13.9. The lowest BCUT2D eigenvalue weighted by Gasteiger charge is -2.17. The lowest BCUT2D eigenvalue weighted by Crippen LogP contribution is -2.18. The summed E-state index contributed by atoms with van der Waals surface area (Å²) in [7, 11) is 0. The number of halogens is 1. The predicted octanol–water partition coefficient (Wildman–Crippen LogP) is 1.76. The van der Waals surface area contributed by atoms with E-state index in [9.17, 15) is 9.18 Å². The van der Waals surface area contributed by atoms with Gasteiger partial charge in [0.2, 0.25) is 5.95 Å². The molecule has 2 aliphatic rings. The summed E-state index contributed by atoms with van der Waals surface area (Å²) >= 11 is 4.02. The van der Waals surface area contributed by atoms with Crippen LogP contribution in [0.1, 0.15) is 34.5 Å². The van der Waals surface area contributed by atoms with E-state index in [0.717, 1.165) is 30.5 Å². The van der Waals surface area contributed by atoms with Crippen LogP contribution >= 0.6 is 12.8 Å². The minimum absolute atomic E-state index is 0.252. The summed E-state index contributed by atoms with van der Waals surface area (Å²) in [6, 6.07) is 0. The zero-order chi connectivity index (χ0) is 10.6. The molecule has 0 aromatic carbocycles. The highest BCUT2D eigenvalue weighted by atomic mass is 32.1. The monoisotopic (exact) mass is 226 g/mol. The second-order valence-corrected chi connectivity index (χ2v) is 4.55. The number of aromatic nitrogens is 1. The number of carbonyl (C=O) groups is 1. The summed E-state index contributed by atoms with van der Waals surface area (Å²) in [4.78, 5) is 11.6. The topological polar surface area (TPSA) is 25.2 Å². The van der Waals surface area contributed by atoms with E-state index < -0.39 is 0 Å². The molecule has 1 aromatic rings. The van der Waals surface area contributed by atoms with Gasteiger partial charge >= 0.3 is 0 Å². The average molecular weight is 226 g/mol. The predicted molar refractivity (Wildman–Crippen MR) is 56.2 cm³/mol. The summed E-state index contributed by atoms with van der Waals surface area (Å²) in [5, 5.41) is 0. The van der Waals surface area contributed by atoms with Gasteiger partial charge in [-0.2, -0.15) is 4.39 Å². The van der Waals surface area contributed by atoms with Crippen LogP contribution in [0.25, 0.3) is 0 Å². The average Bonchev–Trinajstić information content (AvgIpc) is 2.68. The third-order valence-corrected chi connectivity index (χ3v) is 3.54. The van der Waals surface area contributed by atoms with Crippen LogP contribution in [0, 0.1) is 5.95 Å². The second-order valence-electron chi connectivity index (χ2n) is 4.06. The van der Waals surface area contributed by atoms with E-state index in [4.69, 9.17) is 0 Å². The highest BCUT2D eigenvalue weighted by Crippen LogP contribution is 2.34. The SMILES string of the molecule is O=C1c2c(c3n(c2F)CCCC3)CN1S. The summed E-state index contributed by atoms with van der Waals surface area (Å²) < 4.78 is 16.9. The fourth-order valence-corrected chi connectivity index (χ4v) is 2.75. The van der Waals surface area contributed by atoms with Gasteiger partial charge in [-0.1, -0.05) is 12.8 Å². The smallest absolute Gasteiger partial charge is 0.268 e. The van der Waals surface area contributed by atoms with Crippen LogP contribution in [0.3, 0.4) is 0 Å². The Morgan fingerprint density at radius 1 is 1.33 bits per heavy atom. The highest BCUT2D eigenvalue weighted by molar-refractivity contribution is 7.78. The van der Waals surface area contributed by atoms with Crippen molar-refractivity contribution in [2.75, 3.05) is 0 Å². The van der Waals surface area contributed by atoms with Crippen LogP contribution in [-0.2, 0) is 19.5 Å². The van der Waals surface area contributed by atoms with Crippen molar-refractivity contribution in [2.45, 2.75) is 32.4 Å². The van der Waals surface area contributed by atoms with E-state index in [1.54, 1.807) is 4.57 Å². The summed E-state index contributed by atoms with van der Waals surface area (Å²) in [5.41, 5.74) is 2.10. The third kappa shape index (κ3) is 1.10. The molecule has 0 radical (unpaired) electrons. The number of hydrogen-bond acceptors (Lipinski definition) is 2. The molecule has 1 aromatic heterocycles. The number of fused-ring (bicyclic) bond motifs is 3. The Balaban J connectivity index is 2.22. The van der Waals surface area contributed by atoms with Gasteiger partial charge in [-0.3, -0.25) is 9.10 Å². The molecule has 5 heteroatoms. The molecule has 0 bridgehead atoms. The van der Waals surface area contributed by atoms with E-state index in [-0.39, 0.29) is 17.4 Å². The Bertz CT molecular complexity index is 455. The van der Waals surface area contributed by atoms with Gasteiger partial charge in [0.05, 0.1) is 6.54 Å². The maximum Gasteiger partial charge on any atom is 0.268 e. The summed E-state index contributed by atoms with van der Waals surface area (Å²) in [6.07, 6.45) is 2.95. The van der Waals surface area contributed by atoms with Gasteiger partial charge in [-0.15, -0.1) is 0 Å². The molecular formula is C10H11FN2OS. The van der Waals surface area contributed by atoms with Crippen molar-refractivity contribution in [1.82, 2.24) is 8.87 Å². The van der Waals surface area contributed by atoms with Crippen LogP contribution in [0.2, 0.25) is 0 Å². The molecule has 3 heterocycles. The van der Waals surface area contributed by atoms with Crippen molar-refractivity contribution in [3.05, 3.63) is 22.8 Å². The van der Waals surface area contributed by atoms with E-state index in [1.807, 2.05) is 0 Å². The molecule has 15 heavy (non-hydrogen) atoms. The fraction of sp³-hybridized carbons (Fsp3) is 0.500. The minimum Gasteiger partial charge on any atom is -0.321 e. The van der Waals surface area contributed by atoms with Gasteiger partial charge in [-0.25, -0.2) is 0 Å². The highest BCUT2D eigenvalue weighted by Gasteiger charge is 2.36. The van der Waals surface area contributed by atoms with Gasteiger partial charge in [0.15, 0.2) is 0 Å². The zero-order valence-corrected chi connectivity index (χ0v) is 9.06. The molecule has 0 aliphatic carbocycles. The standard InChI is InChI=1S/C10H11FN2OS/c11-9-8-6(5-13(15)10(8)14)7-3-1-2-4-12(7)9/h15H,1-5H2. The molecule has 0 N–H and O–H groups in total. The summed E-state index contributed by atoms with van der Waals surface area (Å²) in [5.74, 6) is -0.658. The lowest BCUT2D eigenvalue weighted by atomic mass is 10.1. The second kappa shape index (κ2) is 3.01. The van der Waals surface area contributed by atoms with Crippen LogP contribution in [0.5, 0.6) is 0 Å². The molecule has 80 valence electrons. The molecule has 0 saturated heterocycles. The Hall–Kier alpha value is -0.970. The maximum atomic E-state index is 13.9. The zero-order valence-electron chi connectivity index (χ0n) is 8.16. The van der Waals surface area contributed by atoms with Crippen molar-refractivity contribution in [2.24, 2.45) is 0 Å². The van der Waals surface area contributed by atoms with Gasteiger partial charge in [0, 0.05) is 17.8 Å². The number of amides is 1. The largest absolute Gasteiger partial charge is 0.321 e. The molecule has 0 unspecified atom stereocenters. The normalized spacial score (nSPS) is 19.3. The van der Waals surface area contributed by atoms with Crippen LogP contribution in [-0.4, -0.2) is 14.8 Å². The first-order valence-electron chi connectivity index (χ1n) is 5.10. The Morgan fingerprint density at radius 3 is 2.93 bits per heavy atom. The molecule has 3 rings (SSSR count). The first-order valence-corrected chi connectivity index (χ1v) is 5.50. The third-order valence-electron chi connectivity index (χ3n) is 3.22. The number of hydrogen-bond donors (Lipinski definition) is 1. The Morgan fingerprint density at radius 2 is 2.13 bits per heavy atom. The number of nitrogens with zero attached hydrogens (tertiary/aromatic N) is 2. The minimum atomic E-state index is -0.360. The van der Waals surface area contributed by atoms with Gasteiger partial charge in [-0.05, 0) is 19.3 Å². The molecule has 1 amide bonds. The number of rotatable bonds is 0. The number of carbonyl (C=O) groups excluding carboxylic acids is 1. The number of thiol groups is 1. The van der Waals surface area contributed by atoms with E-state index in [1.165, 1.54) is 4.31 Å². The van der Waals surface area contributed by atoms with Crippen molar-refractivity contribution in [1.29, 1.82) is 0 Å². The Kier molecular flexibility index (Phi) is 1.86. The van der Waals surface area contributed by atoms with E-state index in [2.05, 4.69) is 12.8 Å². The molecule has 0 atom stereocenters. The van der Waals surface area contributed by atoms with Crippen LogP contribution in [0.15, 0.2) is 0 Å².